The lowest BCUT2D eigenvalue weighted by atomic mass is 9.97. The zero-order valence-corrected chi connectivity index (χ0v) is 14.2. The number of para-hydroxylation sites is 1. The number of aliphatic hydroxyl groups excluding tert-OH is 4. The normalized spacial score (nSPS) is 29.2. The maximum atomic E-state index is 12.7. The monoisotopic (exact) mass is 354 g/mol. The first-order chi connectivity index (χ1) is 12.0. The number of urea groups is 1. The van der Waals surface area contributed by atoms with Crippen LogP contribution in [0.15, 0.2) is 30.3 Å². The van der Waals surface area contributed by atoms with E-state index in [1.54, 1.807) is 24.3 Å². The standard InChI is InChI=1S/C17H26N2O6/c1-2-3-9-19(17(24)18-11-7-5-4-6-8-11)16-15(23)14(22)13(21)12(10-20)25-16/h4-8,12-16,20-23H,2-3,9-10H2,1H3,(H,18,24)/t12-,13-,14+,15-,16-/m1/s1. The number of nitrogens with one attached hydrogen (secondary N) is 1. The predicted molar refractivity (Wildman–Crippen MR) is 90.8 cm³/mol. The van der Waals surface area contributed by atoms with Crippen molar-refractivity contribution in [3.8, 4) is 0 Å². The average molecular weight is 354 g/mol. The van der Waals surface area contributed by atoms with Crippen LogP contribution in [0.25, 0.3) is 0 Å². The lowest BCUT2D eigenvalue weighted by Gasteiger charge is -2.44. The Morgan fingerprint density at radius 2 is 1.84 bits per heavy atom. The molecule has 0 aromatic heterocycles. The van der Waals surface area contributed by atoms with Gasteiger partial charge in [0.15, 0.2) is 6.23 Å². The van der Waals surface area contributed by atoms with E-state index in [0.29, 0.717) is 12.1 Å². The summed E-state index contributed by atoms with van der Waals surface area (Å²) in [6.07, 6.45) is -5.23. The second-order valence-corrected chi connectivity index (χ2v) is 6.06. The van der Waals surface area contributed by atoms with Crippen molar-refractivity contribution in [1.29, 1.82) is 0 Å². The molecule has 0 spiro atoms. The maximum Gasteiger partial charge on any atom is 0.323 e. The number of carbonyl (C=O) groups is 1. The molecule has 0 saturated carbocycles. The molecule has 5 N–H and O–H groups in total. The SMILES string of the molecule is CCCCN(C(=O)Nc1ccccc1)[C@@H]1O[C@H](CO)[C@@H](O)[C@H](O)[C@H]1O. The summed E-state index contributed by atoms with van der Waals surface area (Å²) in [5, 5.41) is 42.2. The number of carbonyl (C=O) groups excluding carboxylic acids is 1. The van der Waals surface area contributed by atoms with Crippen molar-refractivity contribution in [3.05, 3.63) is 30.3 Å². The second kappa shape index (κ2) is 9.12. The summed E-state index contributed by atoms with van der Waals surface area (Å²) in [6, 6.07) is 8.33. The number of amides is 2. The first kappa shape index (κ1) is 19.6. The van der Waals surface area contributed by atoms with Gasteiger partial charge in [0.2, 0.25) is 0 Å². The third-order valence-corrected chi connectivity index (χ3v) is 4.21. The number of anilines is 1. The Kier molecular flexibility index (Phi) is 7.15. The number of benzene rings is 1. The number of hydrogen-bond donors (Lipinski definition) is 5. The molecular weight excluding hydrogens is 328 g/mol. The highest BCUT2D eigenvalue weighted by Crippen LogP contribution is 2.24. The predicted octanol–water partition coefficient (Wildman–Crippen LogP) is 0.120. The van der Waals surface area contributed by atoms with E-state index in [2.05, 4.69) is 5.32 Å². The van der Waals surface area contributed by atoms with Crippen LogP contribution in [0.2, 0.25) is 0 Å². The van der Waals surface area contributed by atoms with Crippen LogP contribution in [0, 0.1) is 0 Å². The number of ether oxygens (including phenoxy) is 1. The van der Waals surface area contributed by atoms with Gasteiger partial charge in [0.05, 0.1) is 6.61 Å². The minimum absolute atomic E-state index is 0.290. The minimum Gasteiger partial charge on any atom is -0.394 e. The van der Waals surface area contributed by atoms with Crippen molar-refractivity contribution < 1.29 is 30.0 Å². The van der Waals surface area contributed by atoms with E-state index in [1.807, 2.05) is 13.0 Å². The summed E-state index contributed by atoms with van der Waals surface area (Å²) in [5.74, 6) is 0. The van der Waals surface area contributed by atoms with E-state index in [1.165, 1.54) is 4.90 Å². The molecule has 1 fully saturated rings. The van der Waals surface area contributed by atoms with Gasteiger partial charge in [-0.25, -0.2) is 4.79 Å². The van der Waals surface area contributed by atoms with Crippen molar-refractivity contribution in [2.75, 3.05) is 18.5 Å². The van der Waals surface area contributed by atoms with Gasteiger partial charge in [-0.1, -0.05) is 31.5 Å². The summed E-state index contributed by atoms with van der Waals surface area (Å²) in [5.41, 5.74) is 0.582. The summed E-state index contributed by atoms with van der Waals surface area (Å²) in [6.45, 7) is 1.71. The number of hydrogen-bond acceptors (Lipinski definition) is 6. The fourth-order valence-corrected chi connectivity index (χ4v) is 2.73. The molecule has 0 radical (unpaired) electrons. The van der Waals surface area contributed by atoms with Gasteiger partial charge >= 0.3 is 6.03 Å². The Morgan fingerprint density at radius 1 is 1.16 bits per heavy atom. The van der Waals surface area contributed by atoms with Crippen LogP contribution in [0.5, 0.6) is 0 Å². The van der Waals surface area contributed by atoms with Gasteiger partial charge in [-0.2, -0.15) is 0 Å². The minimum atomic E-state index is -1.52. The van der Waals surface area contributed by atoms with Gasteiger partial charge in [0.25, 0.3) is 0 Å². The van der Waals surface area contributed by atoms with E-state index >= 15 is 0 Å². The van der Waals surface area contributed by atoms with Gasteiger partial charge in [0, 0.05) is 12.2 Å². The third-order valence-electron chi connectivity index (χ3n) is 4.21. The van der Waals surface area contributed by atoms with E-state index in [0.717, 1.165) is 6.42 Å². The fraction of sp³-hybridized carbons (Fsp3) is 0.588. The Hall–Kier alpha value is -1.71. The smallest absolute Gasteiger partial charge is 0.323 e. The molecule has 2 amide bonds. The molecule has 2 rings (SSSR count). The van der Waals surface area contributed by atoms with Gasteiger partial charge in [0.1, 0.15) is 24.4 Å². The summed E-state index contributed by atoms with van der Waals surface area (Å²) < 4.78 is 5.50. The number of aliphatic hydroxyl groups is 4. The molecule has 8 heteroatoms. The molecule has 1 aromatic carbocycles. The van der Waals surface area contributed by atoms with Crippen LogP contribution in [0.4, 0.5) is 10.5 Å². The lowest BCUT2D eigenvalue weighted by Crippen LogP contribution is -2.64. The quantitative estimate of drug-likeness (QED) is 0.495. The molecule has 1 aliphatic rings. The summed E-state index contributed by atoms with van der Waals surface area (Å²) in [4.78, 5) is 13.9. The average Bonchev–Trinajstić information content (AvgIpc) is 2.62. The Morgan fingerprint density at radius 3 is 2.44 bits per heavy atom. The van der Waals surface area contributed by atoms with Gasteiger partial charge in [-0.15, -0.1) is 0 Å². The molecule has 5 atom stereocenters. The first-order valence-corrected chi connectivity index (χ1v) is 8.42. The molecule has 25 heavy (non-hydrogen) atoms. The van der Waals surface area contributed by atoms with Gasteiger partial charge in [-0.05, 0) is 18.6 Å². The number of nitrogens with zero attached hydrogens (tertiary/aromatic N) is 1. The molecule has 1 saturated heterocycles. The van der Waals surface area contributed by atoms with Crippen LogP contribution < -0.4 is 5.32 Å². The van der Waals surface area contributed by atoms with Crippen LogP contribution >= 0.6 is 0 Å². The molecule has 140 valence electrons. The number of rotatable bonds is 6. The topological polar surface area (TPSA) is 122 Å². The third kappa shape index (κ3) is 4.68. The molecule has 8 nitrogen and oxygen atoms in total. The van der Waals surface area contributed by atoms with E-state index in [9.17, 15) is 25.2 Å². The highest BCUT2D eigenvalue weighted by Gasteiger charge is 2.46. The zero-order chi connectivity index (χ0) is 18.4. The number of unbranched alkanes of at least 4 members (excludes halogenated alkanes) is 1. The lowest BCUT2D eigenvalue weighted by molar-refractivity contribution is -0.256. The molecule has 0 unspecified atom stereocenters. The molecule has 0 bridgehead atoms. The highest BCUT2D eigenvalue weighted by molar-refractivity contribution is 5.89. The van der Waals surface area contributed by atoms with Crippen LogP contribution in [0.3, 0.4) is 0 Å². The molecule has 1 aromatic rings. The van der Waals surface area contributed by atoms with Crippen LogP contribution in [-0.4, -0.2) is 75.2 Å². The maximum absolute atomic E-state index is 12.7. The van der Waals surface area contributed by atoms with Crippen molar-refractivity contribution >= 4 is 11.7 Å². The first-order valence-electron chi connectivity index (χ1n) is 8.42. The van der Waals surface area contributed by atoms with E-state index in [-0.39, 0.29) is 6.54 Å². The summed E-state index contributed by atoms with van der Waals surface area (Å²) >= 11 is 0. The van der Waals surface area contributed by atoms with Crippen LogP contribution in [-0.2, 0) is 4.74 Å². The highest BCUT2D eigenvalue weighted by atomic mass is 16.6. The van der Waals surface area contributed by atoms with Crippen molar-refractivity contribution in [1.82, 2.24) is 4.90 Å². The van der Waals surface area contributed by atoms with E-state index in [4.69, 9.17) is 4.74 Å². The zero-order valence-electron chi connectivity index (χ0n) is 14.2. The Balaban J connectivity index is 2.18. The summed E-state index contributed by atoms with van der Waals surface area (Å²) in [7, 11) is 0. The fourth-order valence-electron chi connectivity index (χ4n) is 2.73. The van der Waals surface area contributed by atoms with Crippen LogP contribution in [0.1, 0.15) is 19.8 Å². The van der Waals surface area contributed by atoms with Crippen molar-refractivity contribution in [2.45, 2.75) is 50.4 Å². The largest absolute Gasteiger partial charge is 0.394 e. The Labute approximate surface area is 146 Å². The van der Waals surface area contributed by atoms with Crippen molar-refractivity contribution in [2.24, 2.45) is 0 Å². The molecule has 1 aliphatic heterocycles. The second-order valence-electron chi connectivity index (χ2n) is 6.06. The molecule has 1 heterocycles. The van der Waals surface area contributed by atoms with Gasteiger partial charge < -0.3 is 30.5 Å². The van der Waals surface area contributed by atoms with E-state index < -0.39 is 43.3 Å². The molecular formula is C17H26N2O6. The molecule has 0 aliphatic carbocycles. The Bertz CT molecular complexity index is 541. The van der Waals surface area contributed by atoms with Gasteiger partial charge in [-0.3, -0.25) is 4.90 Å². The van der Waals surface area contributed by atoms with Crippen molar-refractivity contribution in [3.63, 3.8) is 0 Å².